The number of hydrogen-bond acceptors (Lipinski definition) is 16. The molecule has 0 spiro atoms. The zero-order valence-electron chi connectivity index (χ0n) is 59.7. The Bertz CT molecular complexity index is 3330. The van der Waals surface area contributed by atoms with Gasteiger partial charge in [0.2, 0.25) is 0 Å². The van der Waals surface area contributed by atoms with Crippen molar-refractivity contribution in [3.63, 3.8) is 0 Å². The maximum atomic E-state index is 13.0. The monoisotopic (exact) mass is 1380 g/mol. The van der Waals surface area contributed by atoms with Gasteiger partial charge in [-0.15, -0.1) is 0 Å². The lowest BCUT2D eigenvalue weighted by molar-refractivity contribution is 0.00708. The van der Waals surface area contributed by atoms with Gasteiger partial charge in [0.15, 0.2) is 33.2 Å². The Labute approximate surface area is 591 Å². The number of thiocarbonyl (C=S) groups is 2. The molecule has 6 aromatic carbocycles. The van der Waals surface area contributed by atoms with Gasteiger partial charge in [-0.2, -0.15) is 0 Å². The van der Waals surface area contributed by atoms with Crippen molar-refractivity contribution in [2.45, 2.75) is 130 Å². The Morgan fingerprint density at radius 2 is 0.592 bits per heavy atom. The third-order valence-electron chi connectivity index (χ3n) is 17.1. The number of hydrogen-bond donors (Lipinski definition) is 6. The van der Waals surface area contributed by atoms with E-state index in [1.165, 1.54) is 0 Å². The zero-order chi connectivity index (χ0) is 70.0. The van der Waals surface area contributed by atoms with E-state index in [4.69, 9.17) is 81.3 Å². The standard InChI is InChI=1S/C78H104N4O14S2/c1-75(2,3)59-41-51-37-55-45-61(77(7,8)9)47-57(71(55)95-19-17-79-73(97)81-63-13-15-65-67(49-63)93-35-31-89-27-23-85-21-25-87-29-33-91-65)39-53-43-60(76(4,5)6)44-54(70(53)84)40-58-48-62(78(10,11)12)46-56(38-52(42-59)69(51)83)72(58)96-20-18-80-74(98)82-64-14-16-66-68(50-64)94-36-32-90-28-24-86-22-26-88-30-34-92-66/h13-16,41-50,83-84H,17-40H2,1-12H3,(H2,79,81,97)(H2,80,82,98). The number of phenols is 2. The van der Waals surface area contributed by atoms with Crippen LogP contribution in [0.3, 0.4) is 0 Å². The van der Waals surface area contributed by atoms with E-state index in [1.54, 1.807) is 0 Å². The summed E-state index contributed by atoms with van der Waals surface area (Å²) in [5.41, 5.74) is 11.4. The molecular formula is C78H104N4O14S2. The summed E-state index contributed by atoms with van der Waals surface area (Å²) < 4.78 is 72.5. The van der Waals surface area contributed by atoms with E-state index in [1.807, 2.05) is 36.4 Å². The van der Waals surface area contributed by atoms with Crippen molar-refractivity contribution in [1.29, 1.82) is 0 Å². The molecule has 0 atom stereocenters. The van der Waals surface area contributed by atoms with Crippen LogP contribution in [0.25, 0.3) is 0 Å². The first kappa shape index (κ1) is 75.1. The lowest BCUT2D eigenvalue weighted by atomic mass is 9.79. The Hall–Kier alpha value is -7.14. The fourth-order valence-electron chi connectivity index (χ4n) is 11.6. The van der Waals surface area contributed by atoms with Crippen LogP contribution < -0.4 is 49.7 Å². The summed E-state index contributed by atoms with van der Waals surface area (Å²) in [5.74, 6) is 4.06. The fraction of sp³-hybridized carbons (Fsp3) is 0.513. The van der Waals surface area contributed by atoms with Crippen LogP contribution in [0.15, 0.2) is 84.9 Å². The van der Waals surface area contributed by atoms with Crippen molar-refractivity contribution < 1.29 is 67.1 Å². The lowest BCUT2D eigenvalue weighted by Crippen LogP contribution is -2.32. The molecule has 9 rings (SSSR count). The van der Waals surface area contributed by atoms with Gasteiger partial charge in [-0.05, 0) is 137 Å². The number of ether oxygens (including phenoxy) is 12. The summed E-state index contributed by atoms with van der Waals surface area (Å²) in [5, 5.41) is 40.1. The first-order valence-corrected chi connectivity index (χ1v) is 35.2. The molecule has 0 amide bonds. The van der Waals surface area contributed by atoms with Crippen LogP contribution in [0, 0.1) is 0 Å². The molecule has 0 saturated heterocycles. The SMILES string of the molecule is CC(C)(C)c1cc2c(O)c(c1)Cc1cc(C(C)(C)C)cc(c1OCCNC(=S)Nc1ccc3c(c1)OCCOCCOCCOCCO3)Cc1cc(C(C)(C)C)cc(c1O)Cc1cc(C(C)(C)C)cc(c1OCCNC(=S)Nc1ccc3c(c1)OCCOCCOCCOCCO3)C2. The van der Waals surface area contributed by atoms with Crippen molar-refractivity contribution in [1.82, 2.24) is 10.6 Å². The van der Waals surface area contributed by atoms with Gasteiger partial charge in [0.05, 0.1) is 92.4 Å². The van der Waals surface area contributed by atoms with Crippen LogP contribution in [-0.2, 0) is 75.8 Å². The highest BCUT2D eigenvalue weighted by Crippen LogP contribution is 2.44. The van der Waals surface area contributed by atoms with Gasteiger partial charge in [-0.1, -0.05) is 132 Å². The average Bonchev–Trinajstić information content (AvgIpc) is 0.768. The molecule has 0 unspecified atom stereocenters. The van der Waals surface area contributed by atoms with Gasteiger partial charge in [-0.3, -0.25) is 0 Å². The highest BCUT2D eigenvalue weighted by Gasteiger charge is 2.29. The summed E-state index contributed by atoms with van der Waals surface area (Å²) in [4.78, 5) is 0. The molecule has 20 heteroatoms. The van der Waals surface area contributed by atoms with E-state index in [2.05, 4.69) is 153 Å². The van der Waals surface area contributed by atoms with Crippen molar-refractivity contribution in [2.24, 2.45) is 0 Å². The number of rotatable bonds is 10. The van der Waals surface area contributed by atoms with E-state index in [9.17, 15) is 10.2 Å². The van der Waals surface area contributed by atoms with Crippen LogP contribution in [0.5, 0.6) is 46.0 Å². The highest BCUT2D eigenvalue weighted by molar-refractivity contribution is 7.80. The Kier molecular flexibility index (Phi) is 26.6. The molecule has 0 radical (unpaired) electrons. The van der Waals surface area contributed by atoms with Gasteiger partial charge in [-0.25, -0.2) is 0 Å². The van der Waals surface area contributed by atoms with Crippen molar-refractivity contribution in [3.8, 4) is 46.0 Å². The Morgan fingerprint density at radius 3 is 0.857 bits per heavy atom. The molecule has 8 bridgehead atoms. The normalized spacial score (nSPS) is 16.0. The predicted molar refractivity (Wildman–Crippen MR) is 394 cm³/mol. The fourth-order valence-corrected chi connectivity index (χ4v) is 12.0. The molecule has 532 valence electrons. The maximum absolute atomic E-state index is 13.0. The van der Waals surface area contributed by atoms with E-state index < -0.39 is 0 Å². The first-order chi connectivity index (χ1) is 46.8. The Balaban J connectivity index is 1.03. The van der Waals surface area contributed by atoms with Crippen molar-refractivity contribution in [2.75, 3.05) is 143 Å². The van der Waals surface area contributed by atoms with E-state index in [0.29, 0.717) is 201 Å². The third-order valence-corrected chi connectivity index (χ3v) is 17.6. The van der Waals surface area contributed by atoms with E-state index in [0.717, 1.165) is 66.8 Å². The van der Waals surface area contributed by atoms with Gasteiger partial charge in [0.25, 0.3) is 0 Å². The molecule has 0 saturated carbocycles. The minimum absolute atomic E-state index is 0.211. The summed E-state index contributed by atoms with van der Waals surface area (Å²) in [6.45, 7) is 34.4. The second-order valence-corrected chi connectivity index (χ2v) is 29.9. The van der Waals surface area contributed by atoms with Crippen LogP contribution in [0.2, 0.25) is 0 Å². The van der Waals surface area contributed by atoms with E-state index >= 15 is 0 Å². The first-order valence-electron chi connectivity index (χ1n) is 34.4. The molecule has 1 aliphatic carbocycles. The molecule has 18 nitrogen and oxygen atoms in total. The van der Waals surface area contributed by atoms with E-state index in [-0.39, 0.29) is 46.4 Å². The van der Waals surface area contributed by atoms with Crippen molar-refractivity contribution >= 4 is 46.0 Å². The molecule has 6 N–H and O–H groups in total. The largest absolute Gasteiger partial charge is 0.507 e. The summed E-state index contributed by atoms with van der Waals surface area (Å²) in [6, 6.07) is 28.7. The number of nitrogens with one attached hydrogen (secondary N) is 4. The van der Waals surface area contributed by atoms with Gasteiger partial charge < -0.3 is 88.3 Å². The van der Waals surface area contributed by atoms with Gasteiger partial charge in [0, 0.05) is 49.2 Å². The molecule has 0 aromatic heterocycles. The number of phenolic OH excluding ortho intramolecular Hbond substituents is 2. The van der Waals surface area contributed by atoms with Crippen LogP contribution in [0.4, 0.5) is 11.4 Å². The smallest absolute Gasteiger partial charge is 0.170 e. The summed E-state index contributed by atoms with van der Waals surface area (Å²) in [6.07, 6.45) is 1.40. The van der Waals surface area contributed by atoms with Gasteiger partial charge >= 0.3 is 0 Å². The molecule has 6 aromatic rings. The second kappa shape index (κ2) is 34.8. The average molecular weight is 1390 g/mol. The quantitative estimate of drug-likeness (QED) is 0.0558. The molecular weight excluding hydrogens is 1280 g/mol. The van der Waals surface area contributed by atoms with Crippen LogP contribution in [-0.4, -0.2) is 152 Å². The summed E-state index contributed by atoms with van der Waals surface area (Å²) in [7, 11) is 0. The molecule has 0 fully saturated rings. The number of fused-ring (bicyclic) bond motifs is 10. The minimum Gasteiger partial charge on any atom is -0.507 e. The molecule has 98 heavy (non-hydrogen) atoms. The van der Waals surface area contributed by atoms with Crippen LogP contribution >= 0.6 is 24.4 Å². The Morgan fingerprint density at radius 1 is 0.347 bits per heavy atom. The topological polar surface area (TPSA) is 199 Å². The molecule has 2 aliphatic heterocycles. The minimum atomic E-state index is -0.292. The lowest BCUT2D eigenvalue weighted by Gasteiger charge is -2.28. The maximum Gasteiger partial charge on any atom is 0.170 e. The number of anilines is 2. The number of benzene rings is 6. The zero-order valence-corrected chi connectivity index (χ0v) is 61.3. The second-order valence-electron chi connectivity index (χ2n) is 29.1. The van der Waals surface area contributed by atoms with Crippen LogP contribution in [0.1, 0.15) is 150 Å². The number of aromatic hydroxyl groups is 2. The highest BCUT2D eigenvalue weighted by atomic mass is 32.1. The third kappa shape index (κ3) is 21.9. The van der Waals surface area contributed by atoms with Gasteiger partial charge in [0.1, 0.15) is 62.6 Å². The molecule has 2 heterocycles. The summed E-state index contributed by atoms with van der Waals surface area (Å²) >= 11 is 11.8. The molecule has 3 aliphatic rings. The predicted octanol–water partition coefficient (Wildman–Crippen LogP) is 13.3. The van der Waals surface area contributed by atoms with Crippen molar-refractivity contribution in [3.05, 3.63) is 152 Å².